The number of fused-ring (bicyclic) bond motifs is 1. The minimum atomic E-state index is -0.974. The Morgan fingerprint density at radius 1 is 0.778 bits per heavy atom. The Hall–Kier alpha value is -4.06. The van der Waals surface area contributed by atoms with Gasteiger partial charge in [-0.05, 0) is 67.0 Å². The molecule has 0 fully saturated rings. The van der Waals surface area contributed by atoms with Crippen molar-refractivity contribution in [2.75, 3.05) is 6.61 Å². The highest BCUT2D eigenvalue weighted by Gasteiger charge is 2.17. The molecule has 0 saturated carbocycles. The fraction of sp³-hybridized carbons (Fsp3) is 0.267. The van der Waals surface area contributed by atoms with Gasteiger partial charge in [-0.1, -0.05) is 54.6 Å². The van der Waals surface area contributed by atoms with Crippen molar-refractivity contribution >= 4 is 22.8 Å². The van der Waals surface area contributed by atoms with Crippen molar-refractivity contribution in [2.24, 2.45) is 0 Å². The van der Waals surface area contributed by atoms with Gasteiger partial charge in [-0.3, -0.25) is 4.79 Å². The molecule has 2 N–H and O–H groups in total. The first-order valence-electron chi connectivity index (χ1n) is 12.3. The van der Waals surface area contributed by atoms with Gasteiger partial charge in [0.25, 0.3) is 0 Å². The summed E-state index contributed by atoms with van der Waals surface area (Å²) in [6.07, 6.45) is 5.55. The Labute approximate surface area is 210 Å². The van der Waals surface area contributed by atoms with Crippen LogP contribution in [-0.2, 0) is 30.6 Å². The summed E-state index contributed by atoms with van der Waals surface area (Å²) in [6, 6.07) is 24.3. The minimum Gasteiger partial charge on any atom is -0.494 e. The van der Waals surface area contributed by atoms with Crippen LogP contribution in [0.2, 0.25) is 0 Å². The fourth-order valence-corrected chi connectivity index (χ4v) is 4.53. The summed E-state index contributed by atoms with van der Waals surface area (Å²) in [7, 11) is 0. The largest absolute Gasteiger partial charge is 0.494 e. The molecule has 6 heteroatoms. The first-order valence-corrected chi connectivity index (χ1v) is 12.3. The molecule has 0 aliphatic heterocycles. The summed E-state index contributed by atoms with van der Waals surface area (Å²) in [5.41, 5.74) is 4.53. The number of aromatic carboxylic acids is 1. The maximum atomic E-state index is 11.9. The number of ether oxygens (including phenoxy) is 1. The first-order chi connectivity index (χ1) is 17.5. The van der Waals surface area contributed by atoms with E-state index in [1.54, 1.807) is 6.20 Å². The lowest BCUT2D eigenvalue weighted by molar-refractivity contribution is -0.137. The highest BCUT2D eigenvalue weighted by Crippen LogP contribution is 2.27. The third kappa shape index (κ3) is 6.54. The molecule has 0 aliphatic carbocycles. The van der Waals surface area contributed by atoms with Crippen LogP contribution in [0.3, 0.4) is 0 Å². The van der Waals surface area contributed by atoms with Crippen LogP contribution >= 0.6 is 0 Å². The molecule has 1 aromatic heterocycles. The Kier molecular flexibility index (Phi) is 8.40. The molecule has 0 radical (unpaired) electrons. The van der Waals surface area contributed by atoms with Crippen LogP contribution in [0.4, 0.5) is 0 Å². The second kappa shape index (κ2) is 12.1. The van der Waals surface area contributed by atoms with Crippen molar-refractivity contribution in [2.45, 2.75) is 45.1 Å². The monoisotopic (exact) mass is 485 g/mol. The Morgan fingerprint density at radius 3 is 2.25 bits per heavy atom. The number of hydrogen-bond donors (Lipinski definition) is 2. The maximum absolute atomic E-state index is 11.9. The normalized spacial score (nSPS) is 11.0. The molecule has 0 aliphatic rings. The summed E-state index contributed by atoms with van der Waals surface area (Å²) in [6.45, 7) is 1.13. The molecule has 1 heterocycles. The van der Waals surface area contributed by atoms with E-state index in [0.29, 0.717) is 26.0 Å². The average Bonchev–Trinajstić information content (AvgIpc) is 3.26. The van der Waals surface area contributed by atoms with Gasteiger partial charge in [0.2, 0.25) is 0 Å². The van der Waals surface area contributed by atoms with Crippen molar-refractivity contribution in [1.82, 2.24) is 4.57 Å². The van der Waals surface area contributed by atoms with E-state index >= 15 is 0 Å². The number of carboxylic acids is 2. The molecule has 0 saturated heterocycles. The standard InChI is InChI=1S/C30H31NO5/c32-28(33)12-5-19-31-21-26(30(34)35)29-24(10-4-11-27(29)31)16-13-23-14-17-25(18-15-23)36-20-6-9-22-7-2-1-3-8-22/h1-4,7-8,10-11,14-15,17-18,21H,5-6,9,12-13,16,19-20H2,(H,32,33)(H,34,35). The van der Waals surface area contributed by atoms with E-state index in [1.807, 2.05) is 41.0 Å². The number of rotatable bonds is 13. The number of nitrogens with zero attached hydrogens (tertiary/aromatic N) is 1. The highest BCUT2D eigenvalue weighted by atomic mass is 16.5. The molecule has 0 atom stereocenters. The number of carboxylic acid groups (broad SMARTS) is 2. The molecular weight excluding hydrogens is 454 g/mol. The van der Waals surface area contributed by atoms with E-state index in [0.717, 1.165) is 47.0 Å². The lowest BCUT2D eigenvalue weighted by Gasteiger charge is -2.09. The summed E-state index contributed by atoms with van der Waals surface area (Å²) >= 11 is 0. The van der Waals surface area contributed by atoms with Crippen LogP contribution < -0.4 is 4.74 Å². The molecule has 0 spiro atoms. The predicted molar refractivity (Wildman–Crippen MR) is 140 cm³/mol. The third-order valence-corrected chi connectivity index (χ3v) is 6.34. The average molecular weight is 486 g/mol. The highest BCUT2D eigenvalue weighted by molar-refractivity contribution is 6.05. The predicted octanol–water partition coefficient (Wildman–Crippen LogP) is 6.00. The molecule has 0 bridgehead atoms. The second-order valence-electron chi connectivity index (χ2n) is 8.93. The van der Waals surface area contributed by atoms with Gasteiger partial charge in [-0.2, -0.15) is 0 Å². The maximum Gasteiger partial charge on any atom is 0.337 e. The van der Waals surface area contributed by atoms with Crippen LogP contribution in [0.1, 0.15) is 46.3 Å². The second-order valence-corrected chi connectivity index (χ2v) is 8.93. The first kappa shape index (κ1) is 25.0. The Bertz CT molecular complexity index is 1310. The molecule has 4 rings (SSSR count). The Balaban J connectivity index is 1.37. The van der Waals surface area contributed by atoms with Gasteiger partial charge in [-0.15, -0.1) is 0 Å². The van der Waals surface area contributed by atoms with Gasteiger partial charge in [0.1, 0.15) is 5.75 Å². The quantitative estimate of drug-likeness (QED) is 0.227. The zero-order chi connectivity index (χ0) is 25.3. The van der Waals surface area contributed by atoms with E-state index in [-0.39, 0.29) is 12.0 Å². The van der Waals surface area contributed by atoms with E-state index in [9.17, 15) is 14.7 Å². The Morgan fingerprint density at radius 2 is 1.53 bits per heavy atom. The van der Waals surface area contributed by atoms with Gasteiger partial charge in [0, 0.05) is 30.1 Å². The van der Waals surface area contributed by atoms with Gasteiger partial charge in [0.15, 0.2) is 0 Å². The van der Waals surface area contributed by atoms with Gasteiger partial charge < -0.3 is 19.5 Å². The minimum absolute atomic E-state index is 0.0501. The molecule has 36 heavy (non-hydrogen) atoms. The summed E-state index contributed by atoms with van der Waals surface area (Å²) in [4.78, 5) is 22.8. The summed E-state index contributed by atoms with van der Waals surface area (Å²) in [5.74, 6) is -0.979. The molecule has 0 unspecified atom stereocenters. The smallest absolute Gasteiger partial charge is 0.337 e. The zero-order valence-corrected chi connectivity index (χ0v) is 20.2. The topological polar surface area (TPSA) is 88.8 Å². The van der Waals surface area contributed by atoms with Crippen molar-refractivity contribution < 1.29 is 24.5 Å². The van der Waals surface area contributed by atoms with Crippen LogP contribution in [-0.4, -0.2) is 33.3 Å². The molecule has 3 aromatic carbocycles. The lowest BCUT2D eigenvalue weighted by atomic mass is 9.99. The molecule has 4 aromatic rings. The van der Waals surface area contributed by atoms with Crippen LogP contribution in [0, 0.1) is 0 Å². The SMILES string of the molecule is O=C(O)CCCn1cc(C(=O)O)c2c(CCc3ccc(OCCCc4ccccc4)cc3)cccc21. The van der Waals surface area contributed by atoms with Crippen LogP contribution in [0.25, 0.3) is 10.9 Å². The van der Waals surface area contributed by atoms with Crippen molar-refractivity contribution in [3.05, 3.63) is 101 Å². The summed E-state index contributed by atoms with van der Waals surface area (Å²) in [5, 5.41) is 19.4. The van der Waals surface area contributed by atoms with E-state index in [1.165, 1.54) is 5.56 Å². The number of aryl methyl sites for hydroxylation is 4. The molecule has 6 nitrogen and oxygen atoms in total. The lowest BCUT2D eigenvalue weighted by Crippen LogP contribution is -2.01. The molecule has 0 amide bonds. The van der Waals surface area contributed by atoms with E-state index in [4.69, 9.17) is 9.84 Å². The van der Waals surface area contributed by atoms with Crippen LogP contribution in [0.15, 0.2) is 79.0 Å². The van der Waals surface area contributed by atoms with Crippen molar-refractivity contribution in [3.63, 3.8) is 0 Å². The van der Waals surface area contributed by atoms with Crippen molar-refractivity contribution in [3.8, 4) is 5.75 Å². The zero-order valence-electron chi connectivity index (χ0n) is 20.2. The number of carbonyl (C=O) groups is 2. The van der Waals surface area contributed by atoms with Gasteiger partial charge >= 0.3 is 11.9 Å². The molecular formula is C30H31NO5. The van der Waals surface area contributed by atoms with Gasteiger partial charge in [0.05, 0.1) is 12.2 Å². The molecule has 186 valence electrons. The number of aromatic nitrogens is 1. The van der Waals surface area contributed by atoms with Gasteiger partial charge in [-0.25, -0.2) is 4.79 Å². The fourth-order valence-electron chi connectivity index (χ4n) is 4.53. The number of hydrogen-bond acceptors (Lipinski definition) is 3. The third-order valence-electron chi connectivity index (χ3n) is 6.34. The van der Waals surface area contributed by atoms with Crippen molar-refractivity contribution in [1.29, 1.82) is 0 Å². The van der Waals surface area contributed by atoms with Crippen LogP contribution in [0.5, 0.6) is 5.75 Å². The summed E-state index contributed by atoms with van der Waals surface area (Å²) < 4.78 is 7.75. The van der Waals surface area contributed by atoms with E-state index in [2.05, 4.69) is 36.4 Å². The van der Waals surface area contributed by atoms with E-state index < -0.39 is 11.9 Å². The number of benzene rings is 3. The number of aliphatic carboxylic acids is 1.